The van der Waals surface area contributed by atoms with Gasteiger partial charge in [0, 0.05) is 16.7 Å². The van der Waals surface area contributed by atoms with Gasteiger partial charge in [-0.05, 0) is 192 Å². The molecule has 2 unspecified atom stereocenters. The SMILES string of the molecule is C1=CC2C(C=C1C1=C(C3CCCCC3)CCCC1)c1c(-c3ccccc3C3CCCCC3)ccc3c1N2c1ccc(-c2ccccc2C2CCCCC2)c2c4cc(-c5ccccc5C5CCCCC5)ccc4n-3c12. The Kier molecular flexibility index (Phi) is 11.7. The normalized spacial score (nSPS) is 22.6. The number of rotatable bonds is 8. The van der Waals surface area contributed by atoms with Crippen LogP contribution in [0.4, 0.5) is 11.4 Å². The van der Waals surface area contributed by atoms with Crippen molar-refractivity contribution in [3.63, 3.8) is 0 Å². The summed E-state index contributed by atoms with van der Waals surface area (Å²) >= 11 is 0. The lowest BCUT2D eigenvalue weighted by molar-refractivity contribution is 0.384. The Morgan fingerprint density at radius 1 is 0.432 bits per heavy atom. The van der Waals surface area contributed by atoms with E-state index in [1.807, 2.05) is 5.57 Å². The second-order valence-corrected chi connectivity index (χ2v) is 24.5. The Morgan fingerprint density at radius 3 is 1.62 bits per heavy atom. The lowest BCUT2D eigenvalue weighted by Crippen LogP contribution is -2.31. The van der Waals surface area contributed by atoms with E-state index in [-0.39, 0.29) is 12.0 Å². The van der Waals surface area contributed by atoms with Crippen LogP contribution in [-0.4, -0.2) is 10.6 Å². The fraction of sp³-hybridized carbons (Fsp3) is 0.417. The smallest absolute Gasteiger partial charge is 0.0786 e. The van der Waals surface area contributed by atoms with Gasteiger partial charge in [-0.1, -0.05) is 192 Å². The van der Waals surface area contributed by atoms with Crippen LogP contribution in [-0.2, 0) is 0 Å². The molecule has 0 amide bonds. The standard InChI is InChI=1S/C72H76N2/c1-5-21-47(22-6-1)53-29-13-15-33-57(53)51-37-41-65-63(45-51)69-61(59-35-19-17-31-55(59)49-25-9-3-10-26-49)39-43-67-71(69)73(65)68-44-40-62(60-36-20-18-32-56(60)50-27-11-4-12-28-50)70-64-46-52(38-42-66(64)74(67)72(68)70)58-34-16-14-30-54(58)48-23-7-2-8-24-48/h13,15,17-20,29,31-33,35-50,64,66H,1-12,14,16,21-28,30,34H2. The lowest BCUT2D eigenvalue weighted by Gasteiger charge is -2.35. The summed E-state index contributed by atoms with van der Waals surface area (Å²) in [6.07, 6.45) is 40.3. The van der Waals surface area contributed by atoms with Crippen LogP contribution in [0.3, 0.4) is 0 Å². The maximum atomic E-state index is 2.86. The van der Waals surface area contributed by atoms with Crippen LogP contribution in [0, 0.1) is 5.92 Å². The molecule has 4 fully saturated rings. The highest BCUT2D eigenvalue weighted by molar-refractivity contribution is 6.22. The molecule has 2 nitrogen and oxygen atoms in total. The third kappa shape index (κ3) is 7.45. The summed E-state index contributed by atoms with van der Waals surface area (Å²) in [5, 5.41) is 2.82. The number of nitrogens with zero attached hydrogens (tertiary/aromatic N) is 2. The van der Waals surface area contributed by atoms with Crippen molar-refractivity contribution in [2.75, 3.05) is 4.90 Å². The molecule has 0 N–H and O–H groups in total. The summed E-state index contributed by atoms with van der Waals surface area (Å²) in [6.45, 7) is 0. The summed E-state index contributed by atoms with van der Waals surface area (Å²) in [4.78, 5) is 2.86. The molecule has 0 saturated heterocycles. The second-order valence-electron chi connectivity index (χ2n) is 24.5. The number of hydrogen-bond acceptors (Lipinski definition) is 1. The molecule has 0 radical (unpaired) electrons. The quantitative estimate of drug-likeness (QED) is 0.147. The van der Waals surface area contributed by atoms with E-state index >= 15 is 0 Å². The molecule has 6 aromatic carbocycles. The van der Waals surface area contributed by atoms with Gasteiger partial charge >= 0.3 is 0 Å². The molecule has 0 spiro atoms. The zero-order chi connectivity index (χ0) is 48.7. The average Bonchev–Trinajstić information content (AvgIpc) is 4.05. The maximum absolute atomic E-state index is 2.86. The third-order valence-corrected chi connectivity index (χ3v) is 20.5. The summed E-state index contributed by atoms with van der Waals surface area (Å²) in [6, 6.07) is 46.9. The summed E-state index contributed by atoms with van der Waals surface area (Å²) in [7, 11) is 0. The van der Waals surface area contributed by atoms with Gasteiger partial charge in [-0.3, -0.25) is 0 Å². The molecule has 374 valence electrons. The van der Waals surface area contributed by atoms with Crippen molar-refractivity contribution in [2.45, 2.75) is 184 Å². The predicted octanol–water partition coefficient (Wildman–Crippen LogP) is 20.8. The average molecular weight is 969 g/mol. The summed E-state index contributed by atoms with van der Waals surface area (Å²) < 4.78 is 2.76. The van der Waals surface area contributed by atoms with Crippen molar-refractivity contribution < 1.29 is 0 Å². The second kappa shape index (κ2) is 19.1. The van der Waals surface area contributed by atoms with Crippen LogP contribution in [0.15, 0.2) is 150 Å². The Morgan fingerprint density at radius 2 is 0.973 bits per heavy atom. The molecule has 2 aliphatic heterocycles. The molecule has 0 bridgehead atoms. The fourth-order valence-electron chi connectivity index (χ4n) is 17.1. The number of anilines is 2. The van der Waals surface area contributed by atoms with Gasteiger partial charge < -0.3 is 9.47 Å². The van der Waals surface area contributed by atoms with Crippen LogP contribution in [0.2, 0.25) is 0 Å². The first-order valence-electron chi connectivity index (χ1n) is 30.2. The Hall–Kier alpha value is -5.86. The maximum Gasteiger partial charge on any atom is 0.0786 e. The van der Waals surface area contributed by atoms with E-state index in [9.17, 15) is 0 Å². The molecule has 1 aromatic heterocycles. The first kappa shape index (κ1) is 45.5. The Balaban J connectivity index is 0.985. The van der Waals surface area contributed by atoms with Gasteiger partial charge in [-0.2, -0.15) is 0 Å². The minimum Gasteiger partial charge on any atom is -0.330 e. The van der Waals surface area contributed by atoms with E-state index in [0.717, 1.165) is 5.92 Å². The van der Waals surface area contributed by atoms with E-state index in [4.69, 9.17) is 0 Å². The van der Waals surface area contributed by atoms with Gasteiger partial charge in [0.1, 0.15) is 0 Å². The molecular formula is C72H76N2. The topological polar surface area (TPSA) is 8.17 Å². The molecule has 8 aliphatic rings. The van der Waals surface area contributed by atoms with Crippen molar-refractivity contribution in [1.29, 1.82) is 0 Å². The molecule has 74 heavy (non-hydrogen) atoms. The lowest BCUT2D eigenvalue weighted by atomic mass is 9.73. The van der Waals surface area contributed by atoms with E-state index in [0.29, 0.717) is 17.8 Å². The van der Waals surface area contributed by atoms with Crippen molar-refractivity contribution >= 4 is 33.2 Å². The monoisotopic (exact) mass is 969 g/mol. The molecule has 3 heterocycles. The summed E-state index contributed by atoms with van der Waals surface area (Å²) in [5.41, 5.74) is 26.8. The predicted molar refractivity (Wildman–Crippen MR) is 313 cm³/mol. The van der Waals surface area contributed by atoms with E-state index in [2.05, 4.69) is 143 Å². The number of fused-ring (bicyclic) bond motifs is 8. The number of aromatic nitrogens is 1. The first-order valence-corrected chi connectivity index (χ1v) is 30.2. The largest absolute Gasteiger partial charge is 0.330 e. The highest BCUT2D eigenvalue weighted by Crippen LogP contribution is 2.61. The van der Waals surface area contributed by atoms with Gasteiger partial charge in [-0.15, -0.1) is 0 Å². The summed E-state index contributed by atoms with van der Waals surface area (Å²) in [5.74, 6) is 2.90. The Bertz CT molecular complexity index is 3400. The number of benzene rings is 6. The Labute approximate surface area is 441 Å². The molecular weight excluding hydrogens is 893 g/mol. The van der Waals surface area contributed by atoms with Gasteiger partial charge in [0.2, 0.25) is 0 Å². The van der Waals surface area contributed by atoms with Crippen molar-refractivity contribution in [2.24, 2.45) is 5.92 Å². The van der Waals surface area contributed by atoms with Gasteiger partial charge in [0.25, 0.3) is 0 Å². The zero-order valence-electron chi connectivity index (χ0n) is 44.0. The van der Waals surface area contributed by atoms with E-state index < -0.39 is 0 Å². The van der Waals surface area contributed by atoms with Crippen molar-refractivity contribution in [3.05, 3.63) is 172 Å². The molecule has 2 heteroatoms. The number of hydrogen-bond donors (Lipinski definition) is 0. The molecule has 4 saturated carbocycles. The highest BCUT2D eigenvalue weighted by atomic mass is 15.3. The van der Waals surface area contributed by atoms with Gasteiger partial charge in [0.15, 0.2) is 0 Å². The van der Waals surface area contributed by atoms with Gasteiger partial charge in [0.05, 0.1) is 34.1 Å². The van der Waals surface area contributed by atoms with Crippen molar-refractivity contribution in [1.82, 2.24) is 4.57 Å². The minimum absolute atomic E-state index is 0.200. The number of allylic oxidation sites excluding steroid dienone is 4. The van der Waals surface area contributed by atoms with Crippen LogP contribution in [0.25, 0.3) is 60.9 Å². The highest BCUT2D eigenvalue weighted by Gasteiger charge is 2.46. The van der Waals surface area contributed by atoms with Crippen LogP contribution < -0.4 is 4.90 Å². The van der Waals surface area contributed by atoms with Crippen LogP contribution in [0.5, 0.6) is 0 Å². The van der Waals surface area contributed by atoms with E-state index in [1.54, 1.807) is 33.4 Å². The molecule has 15 rings (SSSR count). The van der Waals surface area contributed by atoms with Crippen LogP contribution in [0.1, 0.15) is 200 Å². The van der Waals surface area contributed by atoms with Crippen molar-refractivity contribution in [3.8, 4) is 39.1 Å². The third-order valence-electron chi connectivity index (χ3n) is 20.5. The first-order chi connectivity index (χ1) is 36.8. The molecule has 7 aromatic rings. The fourth-order valence-corrected chi connectivity index (χ4v) is 17.1. The van der Waals surface area contributed by atoms with Gasteiger partial charge in [-0.25, -0.2) is 0 Å². The zero-order valence-corrected chi connectivity index (χ0v) is 44.0. The van der Waals surface area contributed by atoms with E-state index in [1.165, 1.54) is 226 Å². The molecule has 2 atom stereocenters. The van der Waals surface area contributed by atoms with Crippen LogP contribution >= 0.6 is 0 Å². The molecule has 6 aliphatic carbocycles. The minimum atomic E-state index is 0.200.